The van der Waals surface area contributed by atoms with E-state index < -0.39 is 10.0 Å². The molecule has 5 nitrogen and oxygen atoms in total. The van der Waals surface area contributed by atoms with Crippen LogP contribution >= 0.6 is 23.2 Å². The molecule has 100 valence electrons. The van der Waals surface area contributed by atoms with Gasteiger partial charge in [0.25, 0.3) is 0 Å². The van der Waals surface area contributed by atoms with Crippen LogP contribution in [0.2, 0.25) is 10.3 Å². The maximum Gasteiger partial charge on any atom is 0.229 e. The van der Waals surface area contributed by atoms with Crippen LogP contribution in [0.15, 0.2) is 30.5 Å². The lowest BCUT2D eigenvalue weighted by atomic mass is 10.1. The molecule has 0 bridgehead atoms. The van der Waals surface area contributed by atoms with E-state index in [-0.39, 0.29) is 5.28 Å². The van der Waals surface area contributed by atoms with Gasteiger partial charge in [0.2, 0.25) is 15.3 Å². The lowest BCUT2D eigenvalue weighted by Crippen LogP contribution is -2.09. The van der Waals surface area contributed by atoms with Crippen molar-refractivity contribution in [2.45, 2.75) is 0 Å². The molecule has 0 fully saturated rings. The Labute approximate surface area is 120 Å². The molecule has 1 heterocycles. The normalized spacial score (nSPS) is 11.3. The number of hydrogen-bond acceptors (Lipinski definition) is 4. The van der Waals surface area contributed by atoms with Crippen molar-refractivity contribution in [1.29, 1.82) is 0 Å². The maximum atomic E-state index is 11.2. The molecule has 1 aromatic carbocycles. The van der Waals surface area contributed by atoms with Gasteiger partial charge in [-0.25, -0.2) is 18.4 Å². The van der Waals surface area contributed by atoms with Gasteiger partial charge in [-0.15, -0.1) is 0 Å². The molecule has 0 aliphatic carbocycles. The van der Waals surface area contributed by atoms with Crippen molar-refractivity contribution < 1.29 is 8.42 Å². The third-order valence-electron chi connectivity index (χ3n) is 2.15. The number of nitrogens with zero attached hydrogens (tertiary/aromatic N) is 2. The summed E-state index contributed by atoms with van der Waals surface area (Å²) in [5, 5.41) is 0.404. The highest BCUT2D eigenvalue weighted by molar-refractivity contribution is 7.92. The van der Waals surface area contributed by atoms with Crippen molar-refractivity contribution in [1.82, 2.24) is 9.97 Å². The average Bonchev–Trinajstić information content (AvgIpc) is 2.30. The van der Waals surface area contributed by atoms with Gasteiger partial charge in [0.05, 0.1) is 23.2 Å². The number of hydrogen-bond donors (Lipinski definition) is 1. The Hall–Kier alpha value is -1.37. The summed E-state index contributed by atoms with van der Waals surface area (Å²) < 4.78 is 24.7. The van der Waals surface area contributed by atoms with Crippen LogP contribution in [0.25, 0.3) is 11.3 Å². The van der Waals surface area contributed by atoms with E-state index in [9.17, 15) is 8.42 Å². The lowest BCUT2D eigenvalue weighted by molar-refractivity contribution is 0.607. The van der Waals surface area contributed by atoms with Crippen LogP contribution in [-0.2, 0) is 10.0 Å². The van der Waals surface area contributed by atoms with Crippen LogP contribution in [0.1, 0.15) is 0 Å². The van der Waals surface area contributed by atoms with Gasteiger partial charge in [-0.2, -0.15) is 0 Å². The van der Waals surface area contributed by atoms with Gasteiger partial charge in [0, 0.05) is 11.3 Å². The van der Waals surface area contributed by atoms with Crippen LogP contribution in [0.5, 0.6) is 0 Å². The summed E-state index contributed by atoms with van der Waals surface area (Å²) in [5.41, 5.74) is 1.51. The minimum atomic E-state index is -3.34. The van der Waals surface area contributed by atoms with E-state index >= 15 is 0 Å². The number of sulfonamides is 1. The molecule has 1 aromatic heterocycles. The number of halogens is 2. The summed E-state index contributed by atoms with van der Waals surface area (Å²) in [6.45, 7) is 0. The Kier molecular flexibility index (Phi) is 3.93. The van der Waals surface area contributed by atoms with E-state index in [2.05, 4.69) is 14.7 Å². The first kappa shape index (κ1) is 14.0. The molecular weight excluding hydrogens is 309 g/mol. The van der Waals surface area contributed by atoms with Gasteiger partial charge in [-0.05, 0) is 23.7 Å². The first-order chi connectivity index (χ1) is 8.85. The first-order valence-corrected chi connectivity index (χ1v) is 7.76. The summed E-state index contributed by atoms with van der Waals surface area (Å²) >= 11 is 11.7. The molecule has 2 rings (SSSR count). The predicted octanol–water partition coefficient (Wildman–Crippen LogP) is 2.82. The molecule has 0 spiro atoms. The number of benzene rings is 1. The monoisotopic (exact) mass is 317 g/mol. The number of aromatic nitrogens is 2. The summed E-state index contributed by atoms with van der Waals surface area (Å²) in [7, 11) is -3.34. The van der Waals surface area contributed by atoms with Crippen LogP contribution in [0, 0.1) is 0 Å². The van der Waals surface area contributed by atoms with E-state index in [0.29, 0.717) is 22.0 Å². The molecule has 0 saturated carbocycles. The van der Waals surface area contributed by atoms with E-state index in [1.807, 2.05) is 0 Å². The molecule has 0 aliphatic rings. The molecule has 8 heteroatoms. The van der Waals surface area contributed by atoms with Crippen molar-refractivity contribution in [3.8, 4) is 11.3 Å². The summed E-state index contributed by atoms with van der Waals surface area (Å²) in [6.07, 6.45) is 2.47. The Balaban J connectivity index is 2.46. The largest absolute Gasteiger partial charge is 0.284 e. The maximum absolute atomic E-state index is 11.2. The Bertz CT molecular complexity index is 720. The molecule has 0 amide bonds. The smallest absolute Gasteiger partial charge is 0.229 e. The van der Waals surface area contributed by atoms with Crippen molar-refractivity contribution in [2.75, 3.05) is 11.0 Å². The van der Waals surface area contributed by atoms with Crippen LogP contribution in [0.4, 0.5) is 5.69 Å². The second kappa shape index (κ2) is 5.32. The quantitative estimate of drug-likeness (QED) is 0.883. The van der Waals surface area contributed by atoms with Gasteiger partial charge >= 0.3 is 0 Å². The molecule has 0 radical (unpaired) electrons. The highest BCUT2D eigenvalue weighted by Gasteiger charge is 2.09. The highest BCUT2D eigenvalue weighted by Crippen LogP contribution is 2.28. The summed E-state index contributed by atoms with van der Waals surface area (Å²) in [6, 6.07) is 6.68. The van der Waals surface area contributed by atoms with E-state index in [1.54, 1.807) is 24.3 Å². The molecule has 19 heavy (non-hydrogen) atoms. The van der Waals surface area contributed by atoms with Crippen molar-refractivity contribution in [3.63, 3.8) is 0 Å². The number of anilines is 1. The SMILES string of the molecule is CS(=O)(=O)Nc1cccc(-c2nc(Cl)ncc2Cl)c1. The highest BCUT2D eigenvalue weighted by atomic mass is 35.5. The minimum absolute atomic E-state index is 0.0703. The fourth-order valence-electron chi connectivity index (χ4n) is 1.49. The average molecular weight is 318 g/mol. The van der Waals surface area contributed by atoms with E-state index in [4.69, 9.17) is 23.2 Å². The Morgan fingerprint density at radius 3 is 2.68 bits per heavy atom. The topological polar surface area (TPSA) is 72.0 Å². The van der Waals surface area contributed by atoms with Gasteiger partial charge in [-0.1, -0.05) is 23.7 Å². The van der Waals surface area contributed by atoms with Crippen molar-refractivity contribution >= 4 is 38.9 Å². The van der Waals surface area contributed by atoms with E-state index in [1.165, 1.54) is 6.20 Å². The van der Waals surface area contributed by atoms with Crippen LogP contribution in [0.3, 0.4) is 0 Å². The van der Waals surface area contributed by atoms with Crippen molar-refractivity contribution in [3.05, 3.63) is 40.8 Å². The fraction of sp³-hybridized carbons (Fsp3) is 0.0909. The predicted molar refractivity (Wildman–Crippen MR) is 76.0 cm³/mol. The summed E-state index contributed by atoms with van der Waals surface area (Å²) in [5.74, 6) is 0. The lowest BCUT2D eigenvalue weighted by Gasteiger charge is -2.07. The molecule has 1 N–H and O–H groups in total. The second-order valence-corrected chi connectivity index (χ2v) is 6.28. The van der Waals surface area contributed by atoms with Gasteiger partial charge in [-0.3, -0.25) is 4.72 Å². The second-order valence-electron chi connectivity index (χ2n) is 3.79. The Morgan fingerprint density at radius 1 is 1.26 bits per heavy atom. The van der Waals surface area contributed by atoms with Crippen LogP contribution in [-0.4, -0.2) is 24.6 Å². The molecular formula is C11H9Cl2N3O2S. The molecule has 2 aromatic rings. The van der Waals surface area contributed by atoms with Gasteiger partial charge in [0.1, 0.15) is 0 Å². The Morgan fingerprint density at radius 2 is 2.00 bits per heavy atom. The molecule has 0 saturated heterocycles. The zero-order valence-electron chi connectivity index (χ0n) is 9.76. The zero-order valence-corrected chi connectivity index (χ0v) is 12.1. The third kappa shape index (κ3) is 3.79. The number of rotatable bonds is 3. The molecule has 0 atom stereocenters. The third-order valence-corrected chi connectivity index (χ3v) is 3.22. The standard InChI is InChI=1S/C11H9Cl2N3O2S/c1-19(17,18)16-8-4-2-3-7(5-8)10-9(12)6-14-11(13)15-10/h2-6,16H,1H3. The van der Waals surface area contributed by atoms with Crippen molar-refractivity contribution in [2.24, 2.45) is 0 Å². The molecule has 0 aliphatic heterocycles. The minimum Gasteiger partial charge on any atom is -0.284 e. The summed E-state index contributed by atoms with van der Waals surface area (Å²) in [4.78, 5) is 7.78. The molecule has 0 unspecified atom stereocenters. The first-order valence-electron chi connectivity index (χ1n) is 5.11. The van der Waals surface area contributed by atoms with Gasteiger partial charge < -0.3 is 0 Å². The zero-order chi connectivity index (χ0) is 14.0. The van der Waals surface area contributed by atoms with E-state index in [0.717, 1.165) is 6.26 Å². The fourth-order valence-corrected chi connectivity index (χ4v) is 2.38. The number of nitrogens with one attached hydrogen (secondary N) is 1. The van der Waals surface area contributed by atoms with Gasteiger partial charge in [0.15, 0.2) is 0 Å². The van der Waals surface area contributed by atoms with Crippen LogP contribution < -0.4 is 4.72 Å².